The Bertz CT molecular complexity index is 710. The van der Waals surface area contributed by atoms with E-state index in [9.17, 15) is 4.79 Å². The highest BCUT2D eigenvalue weighted by molar-refractivity contribution is 6.30. The maximum atomic E-state index is 12.5. The Morgan fingerprint density at radius 3 is 2.40 bits per heavy atom. The van der Waals surface area contributed by atoms with Gasteiger partial charge < -0.3 is 14.5 Å². The van der Waals surface area contributed by atoms with E-state index in [0.29, 0.717) is 18.1 Å². The van der Waals surface area contributed by atoms with E-state index in [1.807, 2.05) is 54.3 Å². The SMILES string of the molecule is CCOc1ccccc1N1CCN(C(=O)Cc2ccc(Cl)cc2)CC1. The van der Waals surface area contributed by atoms with Crippen molar-refractivity contribution in [1.29, 1.82) is 0 Å². The Hall–Kier alpha value is -2.20. The molecule has 2 aromatic rings. The number of carbonyl (C=O) groups is 1. The molecule has 0 aromatic heterocycles. The van der Waals surface area contributed by atoms with Gasteiger partial charge >= 0.3 is 0 Å². The first kappa shape index (κ1) is 17.6. The van der Waals surface area contributed by atoms with E-state index in [1.165, 1.54) is 0 Å². The summed E-state index contributed by atoms with van der Waals surface area (Å²) in [6, 6.07) is 15.6. The molecule has 3 rings (SSSR count). The zero-order chi connectivity index (χ0) is 17.6. The van der Waals surface area contributed by atoms with Crippen molar-refractivity contribution in [2.75, 3.05) is 37.7 Å². The van der Waals surface area contributed by atoms with Gasteiger partial charge in [-0.3, -0.25) is 4.79 Å². The van der Waals surface area contributed by atoms with Crippen LogP contribution in [0.15, 0.2) is 48.5 Å². The second kappa shape index (κ2) is 8.26. The van der Waals surface area contributed by atoms with E-state index in [0.717, 1.165) is 43.2 Å². The van der Waals surface area contributed by atoms with Crippen LogP contribution >= 0.6 is 11.6 Å². The Morgan fingerprint density at radius 2 is 1.72 bits per heavy atom. The van der Waals surface area contributed by atoms with Gasteiger partial charge in [-0.15, -0.1) is 0 Å². The highest BCUT2D eigenvalue weighted by atomic mass is 35.5. The van der Waals surface area contributed by atoms with Crippen LogP contribution in [0.2, 0.25) is 5.02 Å². The third kappa shape index (κ3) is 4.45. The summed E-state index contributed by atoms with van der Waals surface area (Å²) in [5.41, 5.74) is 2.10. The van der Waals surface area contributed by atoms with Gasteiger partial charge in [0.25, 0.3) is 0 Å². The second-order valence-electron chi connectivity index (χ2n) is 6.07. The molecule has 4 nitrogen and oxygen atoms in total. The molecule has 5 heteroatoms. The van der Waals surface area contributed by atoms with Gasteiger partial charge in [-0.05, 0) is 36.8 Å². The molecule has 2 aromatic carbocycles. The maximum absolute atomic E-state index is 12.5. The summed E-state index contributed by atoms with van der Waals surface area (Å²) in [7, 11) is 0. The zero-order valence-electron chi connectivity index (χ0n) is 14.5. The predicted octanol–water partition coefficient (Wildman–Crippen LogP) is 3.63. The molecule has 1 saturated heterocycles. The quantitative estimate of drug-likeness (QED) is 0.818. The number of ether oxygens (including phenoxy) is 1. The Labute approximate surface area is 154 Å². The highest BCUT2D eigenvalue weighted by Crippen LogP contribution is 2.28. The molecule has 0 unspecified atom stereocenters. The summed E-state index contributed by atoms with van der Waals surface area (Å²) in [5, 5.41) is 0.692. The van der Waals surface area contributed by atoms with Crippen molar-refractivity contribution in [1.82, 2.24) is 4.90 Å². The molecule has 0 saturated carbocycles. The number of benzene rings is 2. The lowest BCUT2D eigenvalue weighted by Gasteiger charge is -2.36. The topological polar surface area (TPSA) is 32.8 Å². The van der Waals surface area contributed by atoms with Gasteiger partial charge in [0.05, 0.1) is 18.7 Å². The van der Waals surface area contributed by atoms with Crippen LogP contribution in [0, 0.1) is 0 Å². The summed E-state index contributed by atoms with van der Waals surface area (Å²) < 4.78 is 5.72. The summed E-state index contributed by atoms with van der Waals surface area (Å²) >= 11 is 5.90. The molecule has 1 fully saturated rings. The molecule has 1 heterocycles. The van der Waals surface area contributed by atoms with Crippen molar-refractivity contribution in [3.63, 3.8) is 0 Å². The molecular weight excluding hydrogens is 336 g/mol. The second-order valence-corrected chi connectivity index (χ2v) is 6.51. The number of rotatable bonds is 5. The number of carbonyl (C=O) groups excluding carboxylic acids is 1. The monoisotopic (exact) mass is 358 g/mol. The van der Waals surface area contributed by atoms with Crippen LogP contribution in [0.25, 0.3) is 0 Å². The van der Waals surface area contributed by atoms with Gasteiger partial charge in [0, 0.05) is 31.2 Å². The fourth-order valence-corrected chi connectivity index (χ4v) is 3.21. The van der Waals surface area contributed by atoms with Crippen LogP contribution in [0.5, 0.6) is 5.75 Å². The van der Waals surface area contributed by atoms with Gasteiger partial charge in [0.2, 0.25) is 5.91 Å². The van der Waals surface area contributed by atoms with Crippen molar-refractivity contribution >= 4 is 23.2 Å². The van der Waals surface area contributed by atoms with Crippen LogP contribution in [0.3, 0.4) is 0 Å². The number of hydrogen-bond donors (Lipinski definition) is 0. The Kier molecular flexibility index (Phi) is 5.82. The van der Waals surface area contributed by atoms with Gasteiger partial charge in [0.15, 0.2) is 0 Å². The molecule has 0 atom stereocenters. The number of para-hydroxylation sites is 2. The van der Waals surface area contributed by atoms with Crippen molar-refractivity contribution in [2.24, 2.45) is 0 Å². The first-order valence-electron chi connectivity index (χ1n) is 8.66. The molecule has 1 aliphatic heterocycles. The average molecular weight is 359 g/mol. The molecule has 0 bridgehead atoms. The largest absolute Gasteiger partial charge is 0.492 e. The van der Waals surface area contributed by atoms with Crippen LogP contribution in [-0.2, 0) is 11.2 Å². The Morgan fingerprint density at radius 1 is 1.04 bits per heavy atom. The first-order chi connectivity index (χ1) is 12.2. The van der Waals surface area contributed by atoms with Crippen LogP contribution in [0.4, 0.5) is 5.69 Å². The van der Waals surface area contributed by atoms with Gasteiger partial charge in [0.1, 0.15) is 5.75 Å². The summed E-state index contributed by atoms with van der Waals surface area (Å²) in [5.74, 6) is 1.08. The van der Waals surface area contributed by atoms with Crippen molar-refractivity contribution in [2.45, 2.75) is 13.3 Å². The molecule has 1 amide bonds. The zero-order valence-corrected chi connectivity index (χ0v) is 15.2. The predicted molar refractivity (Wildman–Crippen MR) is 102 cm³/mol. The van der Waals surface area contributed by atoms with E-state index in [-0.39, 0.29) is 5.91 Å². The van der Waals surface area contributed by atoms with Crippen molar-refractivity contribution in [3.8, 4) is 5.75 Å². The summed E-state index contributed by atoms with van der Waals surface area (Å²) in [6.45, 7) is 5.73. The molecule has 0 N–H and O–H groups in total. The molecular formula is C20H23ClN2O2. The molecule has 0 aliphatic carbocycles. The molecule has 132 valence electrons. The first-order valence-corrected chi connectivity index (χ1v) is 9.04. The fourth-order valence-electron chi connectivity index (χ4n) is 3.08. The van der Waals surface area contributed by atoms with Crippen LogP contribution in [0.1, 0.15) is 12.5 Å². The number of anilines is 1. The van der Waals surface area contributed by atoms with Gasteiger partial charge in [-0.1, -0.05) is 35.9 Å². The standard InChI is InChI=1S/C20H23ClN2O2/c1-2-25-19-6-4-3-5-18(19)22-11-13-23(14-12-22)20(24)15-16-7-9-17(21)10-8-16/h3-10H,2,11-15H2,1H3. The lowest BCUT2D eigenvalue weighted by Crippen LogP contribution is -2.49. The third-order valence-electron chi connectivity index (χ3n) is 4.41. The summed E-state index contributed by atoms with van der Waals surface area (Å²) in [4.78, 5) is 16.7. The maximum Gasteiger partial charge on any atom is 0.227 e. The van der Waals surface area contributed by atoms with Crippen molar-refractivity contribution in [3.05, 3.63) is 59.1 Å². The highest BCUT2D eigenvalue weighted by Gasteiger charge is 2.22. The number of halogens is 1. The normalized spacial score (nSPS) is 14.5. The number of hydrogen-bond acceptors (Lipinski definition) is 3. The molecule has 25 heavy (non-hydrogen) atoms. The number of piperazine rings is 1. The van der Waals surface area contributed by atoms with E-state index in [4.69, 9.17) is 16.3 Å². The summed E-state index contributed by atoms with van der Waals surface area (Å²) in [6.07, 6.45) is 0.423. The molecule has 0 spiro atoms. The third-order valence-corrected chi connectivity index (χ3v) is 4.66. The number of amides is 1. The van der Waals surface area contributed by atoms with Gasteiger partial charge in [-0.2, -0.15) is 0 Å². The van der Waals surface area contributed by atoms with E-state index in [1.54, 1.807) is 0 Å². The van der Waals surface area contributed by atoms with Gasteiger partial charge in [-0.25, -0.2) is 0 Å². The van der Waals surface area contributed by atoms with E-state index in [2.05, 4.69) is 11.0 Å². The van der Waals surface area contributed by atoms with Crippen LogP contribution < -0.4 is 9.64 Å². The van der Waals surface area contributed by atoms with E-state index < -0.39 is 0 Å². The minimum Gasteiger partial charge on any atom is -0.492 e. The minimum absolute atomic E-state index is 0.167. The average Bonchev–Trinajstić information content (AvgIpc) is 2.64. The van der Waals surface area contributed by atoms with Crippen LogP contribution in [-0.4, -0.2) is 43.6 Å². The molecule has 1 aliphatic rings. The number of nitrogens with zero attached hydrogens (tertiary/aromatic N) is 2. The van der Waals surface area contributed by atoms with Crippen molar-refractivity contribution < 1.29 is 9.53 Å². The smallest absolute Gasteiger partial charge is 0.227 e. The lowest BCUT2D eigenvalue weighted by molar-refractivity contribution is -0.130. The van der Waals surface area contributed by atoms with E-state index >= 15 is 0 Å². The molecule has 0 radical (unpaired) electrons. The minimum atomic E-state index is 0.167. The fraction of sp³-hybridized carbons (Fsp3) is 0.350. The lowest BCUT2D eigenvalue weighted by atomic mass is 10.1. The Balaban J connectivity index is 1.58.